The van der Waals surface area contributed by atoms with Crippen molar-refractivity contribution < 1.29 is 4.74 Å². The molecule has 1 aromatic rings. The summed E-state index contributed by atoms with van der Waals surface area (Å²) in [4.78, 5) is 0. The van der Waals surface area contributed by atoms with Crippen LogP contribution in [-0.4, -0.2) is 11.9 Å². The second kappa shape index (κ2) is 8.71. The Bertz CT molecular complexity index is 304. The molecule has 0 aliphatic heterocycles. The van der Waals surface area contributed by atoms with Gasteiger partial charge in [0.15, 0.2) is 0 Å². The van der Waals surface area contributed by atoms with E-state index in [0.717, 1.165) is 18.5 Å². The number of ether oxygens (including phenoxy) is 1. The fourth-order valence-electron chi connectivity index (χ4n) is 2.46. The smallest absolute Gasteiger partial charge is 0.0717 e. The van der Waals surface area contributed by atoms with Gasteiger partial charge in [0.1, 0.15) is 0 Å². The number of benzene rings is 1. The van der Waals surface area contributed by atoms with E-state index in [1.807, 2.05) is 6.07 Å². The lowest BCUT2D eigenvalue weighted by Gasteiger charge is -2.31. The van der Waals surface area contributed by atoms with Crippen molar-refractivity contribution in [2.45, 2.75) is 46.1 Å². The average molecular weight is 313 g/mol. The molecule has 0 unspecified atom stereocenters. The molecule has 0 radical (unpaired) electrons. The zero-order valence-corrected chi connectivity index (χ0v) is 13.2. The first-order chi connectivity index (χ1) is 8.76. The number of hydrogen-bond donors (Lipinski definition) is 0. The van der Waals surface area contributed by atoms with Gasteiger partial charge in [0.2, 0.25) is 0 Å². The van der Waals surface area contributed by atoms with Gasteiger partial charge in [-0.3, -0.25) is 0 Å². The van der Waals surface area contributed by atoms with Gasteiger partial charge in [-0.1, -0.05) is 73.0 Å². The van der Waals surface area contributed by atoms with Crippen LogP contribution in [-0.2, 0) is 11.3 Å². The molecule has 1 aromatic carbocycles. The van der Waals surface area contributed by atoms with Gasteiger partial charge in [0.05, 0.1) is 13.2 Å². The van der Waals surface area contributed by atoms with E-state index in [4.69, 9.17) is 4.74 Å². The molecule has 0 saturated carbocycles. The Hall–Kier alpha value is -0.340. The first-order valence-electron chi connectivity index (χ1n) is 6.94. The third kappa shape index (κ3) is 5.11. The molecule has 0 N–H and O–H groups in total. The zero-order chi connectivity index (χ0) is 13.3. The molecule has 0 aliphatic rings. The van der Waals surface area contributed by atoms with Crippen LogP contribution < -0.4 is 0 Å². The van der Waals surface area contributed by atoms with E-state index < -0.39 is 0 Å². The maximum atomic E-state index is 5.95. The summed E-state index contributed by atoms with van der Waals surface area (Å²) in [6.45, 7) is 6.09. The van der Waals surface area contributed by atoms with E-state index in [2.05, 4.69) is 54.0 Å². The largest absolute Gasteiger partial charge is 0.376 e. The van der Waals surface area contributed by atoms with E-state index in [9.17, 15) is 0 Å². The molecule has 0 aromatic heterocycles. The molecular weight excluding hydrogens is 288 g/mol. The van der Waals surface area contributed by atoms with Crippen molar-refractivity contribution in [3.63, 3.8) is 0 Å². The van der Waals surface area contributed by atoms with Crippen LogP contribution in [0.5, 0.6) is 0 Å². The maximum absolute atomic E-state index is 5.95. The SMILES string of the molecule is CCCC(CBr)(CCC)COCc1ccccc1. The van der Waals surface area contributed by atoms with Gasteiger partial charge in [0, 0.05) is 10.7 Å². The summed E-state index contributed by atoms with van der Waals surface area (Å²) in [5.74, 6) is 0. The number of alkyl halides is 1. The predicted molar refractivity (Wildman–Crippen MR) is 82.1 cm³/mol. The number of hydrogen-bond acceptors (Lipinski definition) is 1. The summed E-state index contributed by atoms with van der Waals surface area (Å²) in [7, 11) is 0. The van der Waals surface area contributed by atoms with Crippen molar-refractivity contribution in [1.29, 1.82) is 0 Å². The van der Waals surface area contributed by atoms with Crippen LogP contribution in [0.15, 0.2) is 30.3 Å². The molecule has 1 nitrogen and oxygen atoms in total. The highest BCUT2D eigenvalue weighted by molar-refractivity contribution is 9.09. The van der Waals surface area contributed by atoms with E-state index in [1.165, 1.54) is 31.2 Å². The maximum Gasteiger partial charge on any atom is 0.0717 e. The Morgan fingerprint density at radius 3 is 2.17 bits per heavy atom. The molecule has 2 heteroatoms. The summed E-state index contributed by atoms with van der Waals surface area (Å²) in [6, 6.07) is 10.4. The first kappa shape index (κ1) is 15.7. The lowest BCUT2D eigenvalue weighted by atomic mass is 9.82. The normalized spacial score (nSPS) is 11.7. The minimum absolute atomic E-state index is 0.318. The summed E-state index contributed by atoms with van der Waals surface area (Å²) in [6.07, 6.45) is 4.92. The molecule has 0 saturated heterocycles. The van der Waals surface area contributed by atoms with Crippen molar-refractivity contribution in [3.05, 3.63) is 35.9 Å². The second-order valence-electron chi connectivity index (χ2n) is 5.11. The predicted octanol–water partition coefficient (Wildman–Crippen LogP) is 5.18. The molecule has 1 rings (SSSR count). The molecule has 102 valence electrons. The molecule has 0 spiro atoms. The molecule has 0 heterocycles. The van der Waals surface area contributed by atoms with Gasteiger partial charge in [-0.2, -0.15) is 0 Å². The highest BCUT2D eigenvalue weighted by Crippen LogP contribution is 2.32. The van der Waals surface area contributed by atoms with E-state index >= 15 is 0 Å². The third-order valence-electron chi connectivity index (χ3n) is 3.36. The fourth-order valence-corrected chi connectivity index (χ4v) is 3.18. The van der Waals surface area contributed by atoms with Crippen LogP contribution in [0.3, 0.4) is 0 Å². The highest BCUT2D eigenvalue weighted by atomic mass is 79.9. The quantitative estimate of drug-likeness (QED) is 0.570. The molecule has 0 atom stereocenters. The van der Waals surface area contributed by atoms with Crippen molar-refractivity contribution in [2.75, 3.05) is 11.9 Å². The number of rotatable bonds is 9. The Kier molecular flexibility index (Phi) is 7.60. The average Bonchev–Trinajstić information content (AvgIpc) is 2.40. The van der Waals surface area contributed by atoms with E-state index in [-0.39, 0.29) is 0 Å². The van der Waals surface area contributed by atoms with Crippen LogP contribution in [0.4, 0.5) is 0 Å². The van der Waals surface area contributed by atoms with Crippen molar-refractivity contribution in [2.24, 2.45) is 5.41 Å². The second-order valence-corrected chi connectivity index (χ2v) is 5.67. The van der Waals surface area contributed by atoms with Gasteiger partial charge in [0.25, 0.3) is 0 Å². The lowest BCUT2D eigenvalue weighted by molar-refractivity contribution is 0.0355. The van der Waals surface area contributed by atoms with Gasteiger partial charge < -0.3 is 4.74 Å². The van der Waals surface area contributed by atoms with Crippen molar-refractivity contribution in [1.82, 2.24) is 0 Å². The minimum Gasteiger partial charge on any atom is -0.376 e. The molecular formula is C16H25BrO. The van der Waals surface area contributed by atoms with Crippen LogP contribution in [0, 0.1) is 5.41 Å². The topological polar surface area (TPSA) is 9.23 Å². The Morgan fingerprint density at radius 2 is 1.67 bits per heavy atom. The van der Waals surface area contributed by atoms with Gasteiger partial charge in [-0.15, -0.1) is 0 Å². The van der Waals surface area contributed by atoms with Crippen LogP contribution in [0.1, 0.15) is 45.1 Å². The summed E-state index contributed by atoms with van der Waals surface area (Å²) in [5.41, 5.74) is 1.58. The minimum atomic E-state index is 0.318. The van der Waals surface area contributed by atoms with Crippen LogP contribution in [0.25, 0.3) is 0 Å². The van der Waals surface area contributed by atoms with E-state index in [0.29, 0.717) is 5.41 Å². The van der Waals surface area contributed by atoms with Crippen LogP contribution >= 0.6 is 15.9 Å². The Balaban J connectivity index is 2.46. The lowest BCUT2D eigenvalue weighted by Crippen LogP contribution is -2.28. The monoisotopic (exact) mass is 312 g/mol. The standard InChI is InChI=1S/C16H25BrO/c1-3-10-16(13-17,11-4-2)14-18-12-15-8-6-5-7-9-15/h5-9H,3-4,10-14H2,1-2H3. The van der Waals surface area contributed by atoms with Gasteiger partial charge in [-0.05, 0) is 18.4 Å². The number of halogens is 1. The summed E-state index contributed by atoms with van der Waals surface area (Å²) in [5, 5.41) is 1.04. The summed E-state index contributed by atoms with van der Waals surface area (Å²) < 4.78 is 5.95. The Labute approximate surface area is 120 Å². The molecule has 0 amide bonds. The van der Waals surface area contributed by atoms with Gasteiger partial charge >= 0.3 is 0 Å². The Morgan fingerprint density at radius 1 is 1.06 bits per heavy atom. The fraction of sp³-hybridized carbons (Fsp3) is 0.625. The van der Waals surface area contributed by atoms with Crippen LogP contribution in [0.2, 0.25) is 0 Å². The van der Waals surface area contributed by atoms with Crippen molar-refractivity contribution in [3.8, 4) is 0 Å². The van der Waals surface area contributed by atoms with E-state index in [1.54, 1.807) is 0 Å². The van der Waals surface area contributed by atoms with Gasteiger partial charge in [-0.25, -0.2) is 0 Å². The third-order valence-corrected chi connectivity index (χ3v) is 4.55. The highest BCUT2D eigenvalue weighted by Gasteiger charge is 2.27. The molecule has 0 bridgehead atoms. The van der Waals surface area contributed by atoms with Crippen molar-refractivity contribution >= 4 is 15.9 Å². The zero-order valence-electron chi connectivity index (χ0n) is 11.6. The molecule has 0 fully saturated rings. The first-order valence-corrected chi connectivity index (χ1v) is 8.06. The molecule has 0 aliphatic carbocycles. The molecule has 18 heavy (non-hydrogen) atoms. The summed E-state index contributed by atoms with van der Waals surface area (Å²) >= 11 is 3.68.